The molecule has 0 bridgehead atoms. The molecule has 2 heterocycles. The molecule has 0 N–H and O–H groups in total. The lowest BCUT2D eigenvalue weighted by Gasteiger charge is -2.34. The number of carbonyl (C=O) groups excluding carboxylic acids is 1. The van der Waals surface area contributed by atoms with Crippen LogP contribution < -0.4 is 4.74 Å². The van der Waals surface area contributed by atoms with Crippen LogP contribution in [0.5, 0.6) is 5.75 Å². The van der Waals surface area contributed by atoms with Gasteiger partial charge in [-0.2, -0.15) is 13.2 Å². The SMILES string of the molecule is O=C(c1ccc(OCC(F)(F)F)cc1)N1CCN(Cc2csc(-c3ccccc3)n2)CC1. The van der Waals surface area contributed by atoms with Gasteiger partial charge < -0.3 is 9.64 Å². The first kappa shape index (κ1) is 22.3. The van der Waals surface area contributed by atoms with Gasteiger partial charge in [0.25, 0.3) is 5.91 Å². The minimum absolute atomic E-state index is 0.0850. The van der Waals surface area contributed by atoms with Crippen molar-refractivity contribution in [3.8, 4) is 16.3 Å². The number of thiazole rings is 1. The fourth-order valence-electron chi connectivity index (χ4n) is 3.47. The van der Waals surface area contributed by atoms with Crippen LogP contribution in [0.15, 0.2) is 60.0 Å². The first-order valence-corrected chi connectivity index (χ1v) is 11.1. The Morgan fingerprint density at radius 1 is 1.00 bits per heavy atom. The van der Waals surface area contributed by atoms with E-state index in [-0.39, 0.29) is 11.7 Å². The van der Waals surface area contributed by atoms with Crippen LogP contribution in [-0.2, 0) is 6.54 Å². The number of hydrogen-bond donors (Lipinski definition) is 0. The van der Waals surface area contributed by atoms with Crippen LogP contribution in [0.4, 0.5) is 13.2 Å². The van der Waals surface area contributed by atoms with Crippen LogP contribution in [-0.4, -0.2) is 59.7 Å². The summed E-state index contributed by atoms with van der Waals surface area (Å²) >= 11 is 1.62. The average Bonchev–Trinajstić information content (AvgIpc) is 3.27. The molecule has 3 aromatic rings. The smallest absolute Gasteiger partial charge is 0.422 e. The van der Waals surface area contributed by atoms with Gasteiger partial charge in [0.05, 0.1) is 5.69 Å². The highest BCUT2D eigenvalue weighted by atomic mass is 32.1. The number of ether oxygens (including phenoxy) is 1. The molecular weight excluding hydrogens is 439 g/mol. The Morgan fingerprint density at radius 2 is 1.69 bits per heavy atom. The second kappa shape index (κ2) is 9.70. The largest absolute Gasteiger partial charge is 0.484 e. The highest BCUT2D eigenvalue weighted by Gasteiger charge is 2.28. The molecule has 1 fully saturated rings. The van der Waals surface area contributed by atoms with Crippen molar-refractivity contribution in [1.82, 2.24) is 14.8 Å². The van der Waals surface area contributed by atoms with Gasteiger partial charge in [0.2, 0.25) is 0 Å². The first-order valence-electron chi connectivity index (χ1n) is 10.2. The van der Waals surface area contributed by atoms with E-state index in [2.05, 4.69) is 15.0 Å². The highest BCUT2D eigenvalue weighted by molar-refractivity contribution is 7.13. The average molecular weight is 462 g/mol. The number of amides is 1. The van der Waals surface area contributed by atoms with Gasteiger partial charge in [0, 0.05) is 49.2 Å². The van der Waals surface area contributed by atoms with E-state index in [0.29, 0.717) is 18.7 Å². The standard InChI is InChI=1S/C23H22F3N3O2S/c24-23(25,26)16-31-20-8-6-18(7-9-20)22(30)29-12-10-28(11-13-29)14-19-15-32-21(27-19)17-4-2-1-3-5-17/h1-9,15H,10-14,16H2. The third-order valence-corrected chi connectivity index (χ3v) is 6.06. The van der Waals surface area contributed by atoms with Crippen molar-refractivity contribution in [1.29, 1.82) is 0 Å². The van der Waals surface area contributed by atoms with Crippen LogP contribution in [0.25, 0.3) is 10.6 Å². The maximum Gasteiger partial charge on any atom is 0.422 e. The van der Waals surface area contributed by atoms with E-state index in [4.69, 9.17) is 4.98 Å². The summed E-state index contributed by atoms with van der Waals surface area (Å²) in [5.41, 5.74) is 2.56. The molecule has 1 saturated heterocycles. The summed E-state index contributed by atoms with van der Waals surface area (Å²) in [6.07, 6.45) is -4.39. The summed E-state index contributed by atoms with van der Waals surface area (Å²) in [6.45, 7) is 2.01. The number of carbonyl (C=O) groups is 1. The molecule has 1 aliphatic heterocycles. The van der Waals surface area contributed by atoms with Crippen molar-refractivity contribution in [2.24, 2.45) is 0 Å². The summed E-state index contributed by atoms with van der Waals surface area (Å²) in [4.78, 5) is 21.5. The van der Waals surface area contributed by atoms with E-state index in [9.17, 15) is 18.0 Å². The molecule has 4 rings (SSSR count). The van der Waals surface area contributed by atoms with Crippen molar-refractivity contribution in [2.45, 2.75) is 12.7 Å². The zero-order valence-electron chi connectivity index (χ0n) is 17.2. The van der Waals surface area contributed by atoms with Gasteiger partial charge in [0.1, 0.15) is 10.8 Å². The summed E-state index contributed by atoms with van der Waals surface area (Å²) < 4.78 is 41.4. The number of halogens is 3. The summed E-state index contributed by atoms with van der Waals surface area (Å²) in [5.74, 6) is -0.0473. The quantitative estimate of drug-likeness (QED) is 0.534. The molecule has 9 heteroatoms. The highest BCUT2D eigenvalue weighted by Crippen LogP contribution is 2.24. The third kappa shape index (κ3) is 5.86. The molecule has 1 amide bonds. The number of rotatable bonds is 6. The Morgan fingerprint density at radius 3 is 2.34 bits per heavy atom. The van der Waals surface area contributed by atoms with Gasteiger partial charge in [0.15, 0.2) is 6.61 Å². The maximum absolute atomic E-state index is 12.7. The van der Waals surface area contributed by atoms with E-state index in [1.54, 1.807) is 16.2 Å². The molecule has 168 valence electrons. The molecule has 1 aromatic heterocycles. The van der Waals surface area contributed by atoms with Gasteiger partial charge in [-0.15, -0.1) is 11.3 Å². The second-order valence-corrected chi connectivity index (χ2v) is 8.36. The Labute approximate surface area is 188 Å². The Hall–Kier alpha value is -2.91. The molecular formula is C23H22F3N3O2S. The summed E-state index contributed by atoms with van der Waals surface area (Å²) in [6, 6.07) is 15.8. The lowest BCUT2D eigenvalue weighted by molar-refractivity contribution is -0.153. The Kier molecular flexibility index (Phi) is 6.76. The van der Waals surface area contributed by atoms with E-state index < -0.39 is 12.8 Å². The minimum Gasteiger partial charge on any atom is -0.484 e. The number of piperazine rings is 1. The molecule has 0 aliphatic carbocycles. The fraction of sp³-hybridized carbons (Fsp3) is 0.304. The monoisotopic (exact) mass is 461 g/mol. The van der Waals surface area contributed by atoms with E-state index in [0.717, 1.165) is 35.9 Å². The fourth-order valence-corrected chi connectivity index (χ4v) is 4.29. The molecule has 32 heavy (non-hydrogen) atoms. The van der Waals surface area contributed by atoms with E-state index in [1.807, 2.05) is 30.3 Å². The molecule has 0 radical (unpaired) electrons. The molecule has 5 nitrogen and oxygen atoms in total. The lowest BCUT2D eigenvalue weighted by atomic mass is 10.1. The van der Waals surface area contributed by atoms with Gasteiger partial charge >= 0.3 is 6.18 Å². The zero-order chi connectivity index (χ0) is 22.6. The predicted molar refractivity (Wildman–Crippen MR) is 117 cm³/mol. The van der Waals surface area contributed by atoms with Crippen LogP contribution in [0.2, 0.25) is 0 Å². The summed E-state index contributed by atoms with van der Waals surface area (Å²) in [5, 5.41) is 3.07. The van der Waals surface area contributed by atoms with E-state index in [1.165, 1.54) is 24.3 Å². The van der Waals surface area contributed by atoms with Crippen molar-refractivity contribution >= 4 is 17.2 Å². The molecule has 0 atom stereocenters. The molecule has 0 saturated carbocycles. The van der Waals surface area contributed by atoms with Gasteiger partial charge in [-0.3, -0.25) is 9.69 Å². The number of benzene rings is 2. The van der Waals surface area contributed by atoms with Crippen molar-refractivity contribution < 1.29 is 22.7 Å². The maximum atomic E-state index is 12.7. The molecule has 0 unspecified atom stereocenters. The lowest BCUT2D eigenvalue weighted by Crippen LogP contribution is -2.48. The minimum atomic E-state index is -4.39. The molecule has 0 spiro atoms. The van der Waals surface area contributed by atoms with Crippen LogP contribution in [0, 0.1) is 0 Å². The van der Waals surface area contributed by atoms with Crippen LogP contribution >= 0.6 is 11.3 Å². The summed E-state index contributed by atoms with van der Waals surface area (Å²) in [7, 11) is 0. The molecule has 1 aliphatic rings. The normalized spacial score (nSPS) is 15.0. The van der Waals surface area contributed by atoms with Crippen molar-refractivity contribution in [3.63, 3.8) is 0 Å². The zero-order valence-corrected chi connectivity index (χ0v) is 18.0. The van der Waals surface area contributed by atoms with Gasteiger partial charge in [-0.1, -0.05) is 30.3 Å². The van der Waals surface area contributed by atoms with Crippen molar-refractivity contribution in [2.75, 3.05) is 32.8 Å². The van der Waals surface area contributed by atoms with Gasteiger partial charge in [-0.05, 0) is 24.3 Å². The third-order valence-electron chi connectivity index (χ3n) is 5.12. The first-order chi connectivity index (χ1) is 15.4. The number of nitrogens with zero attached hydrogens (tertiary/aromatic N) is 3. The Bertz CT molecular complexity index is 1030. The van der Waals surface area contributed by atoms with Gasteiger partial charge in [-0.25, -0.2) is 4.98 Å². The molecule has 2 aromatic carbocycles. The number of hydrogen-bond acceptors (Lipinski definition) is 5. The van der Waals surface area contributed by atoms with Crippen molar-refractivity contribution in [3.05, 3.63) is 71.2 Å². The van der Waals surface area contributed by atoms with Crippen LogP contribution in [0.3, 0.4) is 0 Å². The predicted octanol–water partition coefficient (Wildman–Crippen LogP) is 4.71. The van der Waals surface area contributed by atoms with Crippen LogP contribution in [0.1, 0.15) is 16.1 Å². The second-order valence-electron chi connectivity index (χ2n) is 7.51. The number of aromatic nitrogens is 1. The number of alkyl halides is 3. The Balaban J connectivity index is 1.27. The topological polar surface area (TPSA) is 45.7 Å². The van der Waals surface area contributed by atoms with E-state index >= 15 is 0 Å².